The van der Waals surface area contributed by atoms with Gasteiger partial charge in [-0.25, -0.2) is 9.36 Å². The monoisotopic (exact) mass is 398 g/mol. The number of halogens is 1. The topological polar surface area (TPSA) is 56.4 Å². The van der Waals surface area contributed by atoms with Gasteiger partial charge < -0.3 is 9.84 Å². The molecule has 1 N–H and O–H groups in total. The van der Waals surface area contributed by atoms with Gasteiger partial charge in [-0.2, -0.15) is 0 Å². The van der Waals surface area contributed by atoms with E-state index in [1.165, 1.54) is 0 Å². The van der Waals surface area contributed by atoms with E-state index in [9.17, 15) is 9.90 Å². The maximum Gasteiger partial charge on any atom is 0.278 e. The first-order chi connectivity index (χ1) is 13.4. The van der Waals surface area contributed by atoms with Crippen molar-refractivity contribution in [3.63, 3.8) is 0 Å². The van der Waals surface area contributed by atoms with Crippen molar-refractivity contribution in [2.24, 2.45) is 0 Å². The highest BCUT2D eigenvalue weighted by molar-refractivity contribution is 6.30. The molecule has 146 valence electrons. The fourth-order valence-corrected chi connectivity index (χ4v) is 4.41. The van der Waals surface area contributed by atoms with Gasteiger partial charge in [-0.15, -0.1) is 0 Å². The van der Waals surface area contributed by atoms with Gasteiger partial charge in [-0.3, -0.25) is 4.79 Å². The molecular formula is C22H23ClN2O3. The number of aryl methyl sites for hydroxylation is 2. The van der Waals surface area contributed by atoms with Crippen LogP contribution in [-0.2, 0) is 17.8 Å². The third-order valence-corrected chi connectivity index (χ3v) is 5.71. The van der Waals surface area contributed by atoms with Crippen LogP contribution in [0, 0.1) is 20.8 Å². The highest BCUT2D eigenvalue weighted by Crippen LogP contribution is 2.39. The molecule has 0 atom stereocenters. The lowest BCUT2D eigenvalue weighted by Crippen LogP contribution is -2.23. The number of aromatic nitrogens is 2. The average Bonchev–Trinajstić information content (AvgIpc) is 2.83. The molecule has 0 unspecified atom stereocenters. The number of hydrogen-bond acceptors (Lipinski definition) is 3. The molecule has 4 rings (SSSR count). The Labute approximate surface area is 168 Å². The summed E-state index contributed by atoms with van der Waals surface area (Å²) in [6.45, 7) is 7.88. The lowest BCUT2D eigenvalue weighted by atomic mass is 9.87. The van der Waals surface area contributed by atoms with Crippen LogP contribution in [0.3, 0.4) is 0 Å². The highest BCUT2D eigenvalue weighted by Gasteiger charge is 2.26. The summed E-state index contributed by atoms with van der Waals surface area (Å²) in [4.78, 5) is 13.2. The van der Waals surface area contributed by atoms with Crippen molar-refractivity contribution in [1.82, 2.24) is 9.36 Å². The van der Waals surface area contributed by atoms with Gasteiger partial charge in [0.05, 0.1) is 26.3 Å². The van der Waals surface area contributed by atoms with Gasteiger partial charge in [0.15, 0.2) is 0 Å². The molecule has 1 aliphatic heterocycles. The van der Waals surface area contributed by atoms with Crippen molar-refractivity contribution < 1.29 is 9.84 Å². The molecule has 0 fully saturated rings. The molecule has 0 amide bonds. The van der Waals surface area contributed by atoms with Crippen molar-refractivity contribution in [1.29, 1.82) is 0 Å². The Kier molecular flexibility index (Phi) is 4.81. The van der Waals surface area contributed by atoms with E-state index < -0.39 is 0 Å². The molecule has 0 bridgehead atoms. The first-order valence-corrected chi connectivity index (χ1v) is 9.75. The van der Waals surface area contributed by atoms with Gasteiger partial charge >= 0.3 is 0 Å². The SMILES string of the molecule is Cc1cc(C)c(-c2c(O)n3n(c2=O)CCOCC3)c(C)c1-c1ccc(Cl)cc1. The molecule has 2 aromatic carbocycles. The molecule has 0 spiro atoms. The largest absolute Gasteiger partial charge is 0.493 e. The molecule has 0 saturated carbocycles. The number of ether oxygens (including phenoxy) is 1. The molecule has 0 saturated heterocycles. The zero-order valence-electron chi connectivity index (χ0n) is 16.3. The van der Waals surface area contributed by atoms with Crippen LogP contribution < -0.4 is 5.56 Å². The summed E-state index contributed by atoms with van der Waals surface area (Å²) in [6.07, 6.45) is 0. The van der Waals surface area contributed by atoms with Gasteiger partial charge in [-0.1, -0.05) is 29.8 Å². The Bertz CT molecular complexity index is 1110. The molecule has 6 heteroatoms. The number of aromatic hydroxyl groups is 1. The van der Waals surface area contributed by atoms with Gasteiger partial charge in [0.2, 0.25) is 5.88 Å². The molecule has 3 aromatic rings. The van der Waals surface area contributed by atoms with Crippen LogP contribution in [-0.4, -0.2) is 27.7 Å². The van der Waals surface area contributed by atoms with E-state index in [-0.39, 0.29) is 11.4 Å². The van der Waals surface area contributed by atoms with Crippen LogP contribution in [0.1, 0.15) is 16.7 Å². The van der Waals surface area contributed by atoms with E-state index >= 15 is 0 Å². The van der Waals surface area contributed by atoms with Crippen LogP contribution in [0.5, 0.6) is 5.88 Å². The Hall–Kier alpha value is -2.50. The maximum atomic E-state index is 13.2. The Balaban J connectivity index is 1.99. The number of hydrogen-bond donors (Lipinski definition) is 1. The van der Waals surface area contributed by atoms with Crippen molar-refractivity contribution in [2.75, 3.05) is 13.2 Å². The third-order valence-electron chi connectivity index (χ3n) is 5.46. The van der Waals surface area contributed by atoms with Crippen LogP contribution in [0.25, 0.3) is 22.3 Å². The molecule has 1 aliphatic rings. The van der Waals surface area contributed by atoms with Crippen molar-refractivity contribution >= 4 is 11.6 Å². The average molecular weight is 399 g/mol. The van der Waals surface area contributed by atoms with Crippen molar-refractivity contribution in [3.05, 3.63) is 62.4 Å². The molecule has 0 aliphatic carbocycles. The summed E-state index contributed by atoms with van der Waals surface area (Å²) in [6, 6.07) is 9.76. The fraction of sp³-hybridized carbons (Fsp3) is 0.318. The van der Waals surface area contributed by atoms with Crippen LogP contribution in [0.15, 0.2) is 35.1 Å². The predicted octanol–water partition coefficient (Wildman–Crippen LogP) is 4.30. The van der Waals surface area contributed by atoms with Crippen LogP contribution in [0.2, 0.25) is 5.02 Å². The van der Waals surface area contributed by atoms with Gasteiger partial charge in [0.25, 0.3) is 5.56 Å². The van der Waals surface area contributed by atoms with E-state index in [1.807, 2.05) is 38.1 Å². The summed E-state index contributed by atoms with van der Waals surface area (Å²) in [5, 5.41) is 11.6. The van der Waals surface area contributed by atoms with Crippen LogP contribution >= 0.6 is 11.6 Å². The Morgan fingerprint density at radius 3 is 2.21 bits per heavy atom. The van der Waals surface area contributed by atoms with Gasteiger partial charge in [0.1, 0.15) is 5.56 Å². The fourth-order valence-electron chi connectivity index (χ4n) is 4.28. The van der Waals surface area contributed by atoms with Crippen molar-refractivity contribution in [3.8, 4) is 28.1 Å². The number of rotatable bonds is 2. The third kappa shape index (κ3) is 2.95. The predicted molar refractivity (Wildman–Crippen MR) is 111 cm³/mol. The maximum absolute atomic E-state index is 13.2. The minimum atomic E-state index is -0.180. The molecule has 0 radical (unpaired) electrons. The molecule has 28 heavy (non-hydrogen) atoms. The van der Waals surface area contributed by atoms with Gasteiger partial charge in [-0.05, 0) is 66.3 Å². The van der Waals surface area contributed by atoms with E-state index in [0.29, 0.717) is 36.9 Å². The Morgan fingerprint density at radius 1 is 0.929 bits per heavy atom. The molecular weight excluding hydrogens is 376 g/mol. The molecule has 1 aromatic heterocycles. The quantitative estimate of drug-likeness (QED) is 0.700. The van der Waals surface area contributed by atoms with E-state index in [1.54, 1.807) is 9.36 Å². The summed E-state index contributed by atoms with van der Waals surface area (Å²) >= 11 is 6.05. The summed E-state index contributed by atoms with van der Waals surface area (Å²) < 4.78 is 8.65. The normalized spacial score (nSPS) is 14.0. The lowest BCUT2D eigenvalue weighted by Gasteiger charge is -2.17. The summed E-state index contributed by atoms with van der Waals surface area (Å²) in [5.41, 5.74) is 6.15. The Morgan fingerprint density at radius 2 is 1.54 bits per heavy atom. The van der Waals surface area contributed by atoms with Crippen LogP contribution in [0.4, 0.5) is 0 Å². The number of nitrogens with zero attached hydrogens (tertiary/aromatic N) is 2. The highest BCUT2D eigenvalue weighted by atomic mass is 35.5. The van der Waals surface area contributed by atoms with Gasteiger partial charge in [0, 0.05) is 5.02 Å². The van der Waals surface area contributed by atoms with Crippen molar-refractivity contribution in [2.45, 2.75) is 33.9 Å². The van der Waals surface area contributed by atoms with E-state index in [0.717, 1.165) is 33.4 Å². The summed E-state index contributed by atoms with van der Waals surface area (Å²) in [7, 11) is 0. The first kappa shape index (κ1) is 18.8. The lowest BCUT2D eigenvalue weighted by molar-refractivity contribution is 0.137. The number of benzene rings is 2. The second-order valence-corrected chi connectivity index (χ2v) is 7.69. The van der Waals surface area contributed by atoms with E-state index in [2.05, 4.69) is 13.0 Å². The second kappa shape index (κ2) is 7.15. The standard InChI is InChI=1S/C22H23ClN2O3/c1-13-12-14(2)19(15(3)18(13)16-4-6-17(23)7-5-16)20-21(26)24-8-10-28-11-9-25(24)22(20)27/h4-7,12,26H,8-11H2,1-3H3. The summed E-state index contributed by atoms with van der Waals surface area (Å²) in [5.74, 6) is 0.00705. The minimum absolute atomic E-state index is 0.00705. The number of fused-ring (bicyclic) bond motifs is 1. The zero-order chi connectivity index (χ0) is 20.0. The smallest absolute Gasteiger partial charge is 0.278 e. The zero-order valence-corrected chi connectivity index (χ0v) is 17.0. The molecule has 5 nitrogen and oxygen atoms in total. The second-order valence-electron chi connectivity index (χ2n) is 7.25. The first-order valence-electron chi connectivity index (χ1n) is 9.37. The van der Waals surface area contributed by atoms with E-state index in [4.69, 9.17) is 16.3 Å². The minimum Gasteiger partial charge on any atom is -0.493 e. The molecule has 2 heterocycles.